The van der Waals surface area contributed by atoms with Gasteiger partial charge >= 0.3 is 0 Å². The van der Waals surface area contributed by atoms with Crippen molar-refractivity contribution in [3.05, 3.63) is 77.1 Å². The minimum absolute atomic E-state index is 0.759. The van der Waals surface area contributed by atoms with Crippen LogP contribution in [0, 0.1) is 0 Å². The first-order valence-corrected chi connectivity index (χ1v) is 10.8. The topological polar surface area (TPSA) is 4.93 Å². The van der Waals surface area contributed by atoms with Crippen LogP contribution in [-0.4, -0.2) is 10.8 Å². The molecule has 4 heteroatoms. The summed E-state index contributed by atoms with van der Waals surface area (Å²) in [7, 11) is 2.14. The Morgan fingerprint density at radius 2 is 1.62 bits per heavy atom. The van der Waals surface area contributed by atoms with Crippen LogP contribution in [0.4, 0.5) is 0 Å². The third-order valence-electron chi connectivity index (χ3n) is 4.52. The minimum atomic E-state index is 0.759. The van der Waals surface area contributed by atoms with Crippen molar-refractivity contribution < 1.29 is 0 Å². The van der Waals surface area contributed by atoms with E-state index in [9.17, 15) is 0 Å². The summed E-state index contributed by atoms with van der Waals surface area (Å²) in [5.74, 6) is 0. The zero-order valence-corrected chi connectivity index (χ0v) is 17.0. The van der Waals surface area contributed by atoms with E-state index in [-0.39, 0.29) is 0 Å². The fourth-order valence-electron chi connectivity index (χ4n) is 3.22. The van der Waals surface area contributed by atoms with Crippen molar-refractivity contribution >= 4 is 34.7 Å². The number of rotatable bonds is 4. The van der Waals surface area contributed by atoms with Crippen LogP contribution in [0.25, 0.3) is 33.0 Å². The van der Waals surface area contributed by atoms with Gasteiger partial charge in [-0.15, -0.1) is 23.1 Å². The predicted molar refractivity (Wildman–Crippen MR) is 116 cm³/mol. The number of hydrogen-bond donors (Lipinski definition) is 0. The summed E-state index contributed by atoms with van der Waals surface area (Å²) in [5, 5.41) is 2.89. The molecular formula is C22H18ClNS2. The summed E-state index contributed by atoms with van der Waals surface area (Å²) in [6.45, 7) is 0. The SMILES string of the molecule is CSc1ccc(-c2c(-c3cccs3)cc(-c3ccc(Cl)cc3)n2C)cc1. The van der Waals surface area contributed by atoms with Crippen molar-refractivity contribution in [2.45, 2.75) is 4.90 Å². The zero-order chi connectivity index (χ0) is 18.1. The van der Waals surface area contributed by atoms with E-state index < -0.39 is 0 Å². The first-order valence-electron chi connectivity index (χ1n) is 8.31. The second-order valence-electron chi connectivity index (χ2n) is 6.06. The molecule has 0 atom stereocenters. The molecule has 0 aliphatic rings. The van der Waals surface area contributed by atoms with Gasteiger partial charge in [-0.2, -0.15) is 0 Å². The molecule has 2 heterocycles. The number of thiophene rings is 1. The number of nitrogens with zero attached hydrogens (tertiary/aromatic N) is 1. The summed E-state index contributed by atoms with van der Waals surface area (Å²) in [5.41, 5.74) is 6.10. The van der Waals surface area contributed by atoms with E-state index in [0.29, 0.717) is 0 Å². The van der Waals surface area contributed by atoms with E-state index in [2.05, 4.69) is 77.8 Å². The largest absolute Gasteiger partial charge is 0.343 e. The van der Waals surface area contributed by atoms with Gasteiger partial charge in [0, 0.05) is 33.1 Å². The Bertz CT molecular complexity index is 1010. The van der Waals surface area contributed by atoms with Gasteiger partial charge in [-0.25, -0.2) is 0 Å². The van der Waals surface area contributed by atoms with Crippen molar-refractivity contribution in [1.29, 1.82) is 0 Å². The van der Waals surface area contributed by atoms with Gasteiger partial charge in [0.2, 0.25) is 0 Å². The summed E-state index contributed by atoms with van der Waals surface area (Å²) in [6, 6.07) is 23.4. The normalized spacial score (nSPS) is 11.0. The van der Waals surface area contributed by atoms with Crippen molar-refractivity contribution in [3.8, 4) is 33.0 Å². The summed E-state index contributed by atoms with van der Waals surface area (Å²) in [4.78, 5) is 2.56. The second kappa shape index (κ2) is 7.36. The molecule has 26 heavy (non-hydrogen) atoms. The smallest absolute Gasteiger partial charge is 0.0570 e. The highest BCUT2D eigenvalue weighted by molar-refractivity contribution is 7.98. The van der Waals surface area contributed by atoms with Crippen LogP contribution in [0.1, 0.15) is 0 Å². The molecule has 0 unspecified atom stereocenters. The lowest BCUT2D eigenvalue weighted by atomic mass is 10.1. The molecule has 2 aromatic heterocycles. The quantitative estimate of drug-likeness (QED) is 0.324. The van der Waals surface area contributed by atoms with Gasteiger partial charge in [-0.1, -0.05) is 41.9 Å². The van der Waals surface area contributed by atoms with Crippen LogP contribution >= 0.6 is 34.7 Å². The van der Waals surface area contributed by atoms with Crippen LogP contribution in [0.3, 0.4) is 0 Å². The highest BCUT2D eigenvalue weighted by Gasteiger charge is 2.17. The van der Waals surface area contributed by atoms with Gasteiger partial charge in [0.1, 0.15) is 0 Å². The number of hydrogen-bond acceptors (Lipinski definition) is 2. The molecule has 0 saturated carbocycles. The lowest BCUT2D eigenvalue weighted by molar-refractivity contribution is 0.946. The van der Waals surface area contributed by atoms with Crippen LogP contribution in [-0.2, 0) is 7.05 Å². The van der Waals surface area contributed by atoms with E-state index >= 15 is 0 Å². The van der Waals surface area contributed by atoms with Gasteiger partial charge in [0.25, 0.3) is 0 Å². The first kappa shape index (κ1) is 17.5. The Hall–Kier alpha value is -1.94. The van der Waals surface area contributed by atoms with E-state index in [0.717, 1.165) is 5.02 Å². The fourth-order valence-corrected chi connectivity index (χ4v) is 4.50. The Morgan fingerprint density at radius 3 is 2.23 bits per heavy atom. The zero-order valence-electron chi connectivity index (χ0n) is 14.6. The molecule has 1 nitrogen and oxygen atoms in total. The van der Waals surface area contributed by atoms with Gasteiger partial charge in [-0.3, -0.25) is 0 Å². The molecule has 2 aromatic carbocycles. The predicted octanol–water partition coefficient (Wildman–Crippen LogP) is 7.46. The number of aromatic nitrogens is 1. The lowest BCUT2D eigenvalue weighted by Crippen LogP contribution is -1.95. The van der Waals surface area contributed by atoms with Gasteiger partial charge in [-0.05, 0) is 59.2 Å². The molecule has 4 rings (SSSR count). The van der Waals surface area contributed by atoms with E-state index in [4.69, 9.17) is 11.6 Å². The average Bonchev–Trinajstić information content (AvgIpc) is 3.31. The maximum absolute atomic E-state index is 6.07. The van der Waals surface area contributed by atoms with E-state index in [1.54, 1.807) is 23.1 Å². The molecule has 4 aromatic rings. The summed E-state index contributed by atoms with van der Waals surface area (Å²) >= 11 is 9.61. The molecule has 130 valence electrons. The van der Waals surface area contributed by atoms with Gasteiger partial charge in [0.05, 0.1) is 5.69 Å². The third-order valence-corrected chi connectivity index (χ3v) is 6.42. The molecular weight excluding hydrogens is 378 g/mol. The Kier molecular flexibility index (Phi) is 4.94. The summed E-state index contributed by atoms with van der Waals surface area (Å²) < 4.78 is 2.28. The second-order valence-corrected chi connectivity index (χ2v) is 8.33. The maximum Gasteiger partial charge on any atom is 0.0570 e. The fraction of sp³-hybridized carbons (Fsp3) is 0.0909. The molecule has 0 N–H and O–H groups in total. The lowest BCUT2D eigenvalue weighted by Gasteiger charge is -2.10. The van der Waals surface area contributed by atoms with Crippen molar-refractivity contribution in [1.82, 2.24) is 4.57 Å². The number of halogens is 1. The average molecular weight is 396 g/mol. The van der Waals surface area contributed by atoms with Crippen LogP contribution < -0.4 is 0 Å². The van der Waals surface area contributed by atoms with Crippen molar-refractivity contribution in [3.63, 3.8) is 0 Å². The highest BCUT2D eigenvalue weighted by atomic mass is 35.5. The van der Waals surface area contributed by atoms with Crippen LogP contribution in [0.2, 0.25) is 5.02 Å². The Labute approximate surface area is 167 Å². The molecule has 0 aliphatic heterocycles. The minimum Gasteiger partial charge on any atom is -0.343 e. The molecule has 0 aliphatic carbocycles. The highest BCUT2D eigenvalue weighted by Crippen LogP contribution is 2.40. The Morgan fingerprint density at radius 1 is 0.923 bits per heavy atom. The van der Waals surface area contributed by atoms with Crippen LogP contribution in [0.15, 0.2) is 77.0 Å². The van der Waals surface area contributed by atoms with Crippen molar-refractivity contribution in [2.75, 3.05) is 6.26 Å². The van der Waals surface area contributed by atoms with E-state index in [1.165, 1.54) is 37.9 Å². The number of benzene rings is 2. The molecule has 0 bridgehead atoms. The van der Waals surface area contributed by atoms with Crippen LogP contribution in [0.5, 0.6) is 0 Å². The van der Waals surface area contributed by atoms with E-state index in [1.807, 2.05) is 12.1 Å². The maximum atomic E-state index is 6.07. The monoisotopic (exact) mass is 395 g/mol. The molecule has 0 radical (unpaired) electrons. The first-order chi connectivity index (χ1) is 12.7. The third kappa shape index (κ3) is 3.23. The molecule has 0 amide bonds. The molecule has 0 fully saturated rings. The number of thioether (sulfide) groups is 1. The van der Waals surface area contributed by atoms with Gasteiger partial charge < -0.3 is 4.57 Å². The van der Waals surface area contributed by atoms with Crippen molar-refractivity contribution in [2.24, 2.45) is 7.05 Å². The molecule has 0 spiro atoms. The molecule has 0 saturated heterocycles. The standard InChI is InChI=1S/C22H18ClNS2/c1-24-20(15-5-9-17(23)10-6-15)14-19(21-4-3-13-26-21)22(24)16-7-11-18(25-2)12-8-16/h3-14H,1-2H3. The Balaban J connectivity index is 1.92. The summed E-state index contributed by atoms with van der Waals surface area (Å²) in [6.07, 6.45) is 2.10. The van der Waals surface area contributed by atoms with Gasteiger partial charge in [0.15, 0.2) is 0 Å².